The minimum atomic E-state index is -0.807. The topological polar surface area (TPSA) is 100 Å². The number of anilines is 1. The molecule has 0 bridgehead atoms. The lowest BCUT2D eigenvalue weighted by Gasteiger charge is -2.44. The van der Waals surface area contributed by atoms with Crippen molar-refractivity contribution < 1.29 is 24.2 Å². The number of fused-ring (bicyclic) bond motifs is 1. The standard InChI is InChI=1S/C20H27Cl2N3O5/c1-2-23-19(27)8-14-4-6-17-18(30-14)11-29-10-13(26)9-25(17)20(28)24-12-3-5-15(21)16(22)7-12/h3,5,7,13-14,17-18,26H,2,4,6,8-11H2,1H3,(H,23,27)(H,24,28)/t13-,14+,17-,18+/m1/s1. The van der Waals surface area contributed by atoms with Gasteiger partial charge in [-0.2, -0.15) is 0 Å². The maximum Gasteiger partial charge on any atom is 0.322 e. The number of benzene rings is 1. The molecule has 0 radical (unpaired) electrons. The van der Waals surface area contributed by atoms with Crippen LogP contribution in [0.1, 0.15) is 26.2 Å². The molecule has 30 heavy (non-hydrogen) atoms. The second-order valence-corrected chi connectivity index (χ2v) is 8.32. The van der Waals surface area contributed by atoms with Crippen molar-refractivity contribution in [3.8, 4) is 0 Å². The highest BCUT2D eigenvalue weighted by atomic mass is 35.5. The van der Waals surface area contributed by atoms with Gasteiger partial charge in [0.25, 0.3) is 0 Å². The lowest BCUT2D eigenvalue weighted by atomic mass is 9.95. The number of ether oxygens (including phenoxy) is 2. The van der Waals surface area contributed by atoms with Gasteiger partial charge in [0.1, 0.15) is 6.10 Å². The Hall–Kier alpha value is -1.58. The Morgan fingerprint density at radius 2 is 2.03 bits per heavy atom. The van der Waals surface area contributed by atoms with Crippen molar-refractivity contribution in [3.63, 3.8) is 0 Å². The molecule has 8 nitrogen and oxygen atoms in total. The Kier molecular flexibility index (Phi) is 8.19. The molecule has 1 aromatic rings. The van der Waals surface area contributed by atoms with Crippen LogP contribution in [0.15, 0.2) is 18.2 Å². The molecule has 3 rings (SSSR count). The number of amides is 3. The first kappa shape index (κ1) is 23.1. The molecule has 0 aliphatic carbocycles. The minimum Gasteiger partial charge on any atom is -0.389 e. The van der Waals surface area contributed by atoms with E-state index in [1.165, 1.54) is 0 Å². The second-order valence-electron chi connectivity index (χ2n) is 7.50. The van der Waals surface area contributed by atoms with Gasteiger partial charge in [-0.15, -0.1) is 0 Å². The summed E-state index contributed by atoms with van der Waals surface area (Å²) in [7, 11) is 0. The second kappa shape index (κ2) is 10.6. The van der Waals surface area contributed by atoms with Gasteiger partial charge in [0.15, 0.2) is 0 Å². The lowest BCUT2D eigenvalue weighted by Crippen LogP contribution is -2.58. The first-order valence-electron chi connectivity index (χ1n) is 10.1. The number of hydrogen-bond donors (Lipinski definition) is 3. The third-order valence-electron chi connectivity index (χ3n) is 5.20. The molecule has 3 amide bonds. The number of β-amino-alcohol motifs (C(OH)–C–C–N with tert-alkyl or cyclic N) is 1. The van der Waals surface area contributed by atoms with E-state index in [2.05, 4.69) is 10.6 Å². The van der Waals surface area contributed by atoms with E-state index in [0.29, 0.717) is 35.1 Å². The lowest BCUT2D eigenvalue weighted by molar-refractivity contribution is -0.149. The van der Waals surface area contributed by atoms with Gasteiger partial charge in [-0.3, -0.25) is 4.79 Å². The number of halogens is 2. The summed E-state index contributed by atoms with van der Waals surface area (Å²) < 4.78 is 11.7. The minimum absolute atomic E-state index is 0.0580. The van der Waals surface area contributed by atoms with Crippen molar-refractivity contribution in [2.24, 2.45) is 0 Å². The average Bonchev–Trinajstić information content (AvgIpc) is 2.68. The molecular formula is C20H27Cl2N3O5. The predicted octanol–water partition coefficient (Wildman–Crippen LogP) is 2.66. The van der Waals surface area contributed by atoms with E-state index in [0.717, 1.165) is 0 Å². The summed E-state index contributed by atoms with van der Waals surface area (Å²) in [5.41, 5.74) is 0.504. The zero-order valence-corrected chi connectivity index (χ0v) is 18.3. The summed E-state index contributed by atoms with van der Waals surface area (Å²) in [6.45, 7) is 2.89. The molecule has 166 valence electrons. The highest BCUT2D eigenvalue weighted by Gasteiger charge is 2.40. The Bertz CT molecular complexity index is 766. The summed E-state index contributed by atoms with van der Waals surface area (Å²) >= 11 is 12.0. The first-order valence-corrected chi connectivity index (χ1v) is 10.8. The average molecular weight is 460 g/mol. The monoisotopic (exact) mass is 459 g/mol. The van der Waals surface area contributed by atoms with Crippen LogP contribution in [0.5, 0.6) is 0 Å². The van der Waals surface area contributed by atoms with E-state index in [1.54, 1.807) is 23.1 Å². The Morgan fingerprint density at radius 1 is 1.23 bits per heavy atom. The van der Waals surface area contributed by atoms with E-state index in [4.69, 9.17) is 32.7 Å². The van der Waals surface area contributed by atoms with E-state index < -0.39 is 6.10 Å². The molecule has 3 N–H and O–H groups in total. The first-order chi connectivity index (χ1) is 14.4. The molecule has 0 saturated carbocycles. The van der Waals surface area contributed by atoms with Gasteiger partial charge in [-0.1, -0.05) is 23.2 Å². The molecule has 1 aromatic carbocycles. The molecule has 2 aliphatic heterocycles. The fraction of sp³-hybridized carbons (Fsp3) is 0.600. The summed E-state index contributed by atoms with van der Waals surface area (Å²) in [4.78, 5) is 26.5. The van der Waals surface area contributed by atoms with Gasteiger partial charge in [0.05, 0.1) is 54.5 Å². The smallest absolute Gasteiger partial charge is 0.322 e. The number of rotatable bonds is 4. The molecule has 4 atom stereocenters. The maximum atomic E-state index is 13.0. The quantitative estimate of drug-likeness (QED) is 0.642. The molecule has 0 unspecified atom stereocenters. The van der Waals surface area contributed by atoms with Crippen LogP contribution in [0.3, 0.4) is 0 Å². The van der Waals surface area contributed by atoms with E-state index in [-0.39, 0.29) is 56.4 Å². The van der Waals surface area contributed by atoms with Crippen LogP contribution in [0, 0.1) is 0 Å². The van der Waals surface area contributed by atoms with Gasteiger partial charge in [-0.05, 0) is 38.0 Å². The fourth-order valence-corrected chi connectivity index (χ4v) is 4.12. The molecule has 10 heteroatoms. The third kappa shape index (κ3) is 5.98. The van der Waals surface area contributed by atoms with Crippen LogP contribution in [-0.2, 0) is 14.3 Å². The maximum absolute atomic E-state index is 13.0. The zero-order valence-electron chi connectivity index (χ0n) is 16.8. The molecule has 2 heterocycles. The van der Waals surface area contributed by atoms with Crippen molar-refractivity contribution in [3.05, 3.63) is 28.2 Å². The fourth-order valence-electron chi connectivity index (χ4n) is 3.82. The van der Waals surface area contributed by atoms with Crippen molar-refractivity contribution in [1.29, 1.82) is 0 Å². The number of nitrogens with zero attached hydrogens (tertiary/aromatic N) is 1. The van der Waals surface area contributed by atoms with E-state index in [1.807, 2.05) is 6.92 Å². The van der Waals surface area contributed by atoms with Crippen LogP contribution in [0.2, 0.25) is 10.0 Å². The Balaban J connectivity index is 1.71. The highest BCUT2D eigenvalue weighted by molar-refractivity contribution is 6.42. The number of aliphatic hydroxyl groups excluding tert-OH is 1. The molecular weight excluding hydrogens is 433 g/mol. The van der Waals surface area contributed by atoms with Crippen molar-refractivity contribution in [2.75, 3.05) is 31.6 Å². The van der Waals surface area contributed by atoms with Crippen LogP contribution in [0.4, 0.5) is 10.5 Å². The normalized spacial score (nSPS) is 26.9. The van der Waals surface area contributed by atoms with Gasteiger partial charge >= 0.3 is 6.03 Å². The van der Waals surface area contributed by atoms with Crippen molar-refractivity contribution >= 4 is 40.8 Å². The number of carbonyl (C=O) groups excluding carboxylic acids is 2. The largest absolute Gasteiger partial charge is 0.389 e. The third-order valence-corrected chi connectivity index (χ3v) is 5.94. The molecule has 2 aliphatic rings. The van der Waals surface area contributed by atoms with E-state index in [9.17, 15) is 14.7 Å². The van der Waals surface area contributed by atoms with E-state index >= 15 is 0 Å². The molecule has 0 spiro atoms. The highest BCUT2D eigenvalue weighted by Crippen LogP contribution is 2.29. The summed E-state index contributed by atoms with van der Waals surface area (Å²) in [5, 5.41) is 16.5. The summed E-state index contributed by atoms with van der Waals surface area (Å²) in [5.74, 6) is -0.0580. The molecule has 2 saturated heterocycles. The zero-order chi connectivity index (χ0) is 21.7. The SMILES string of the molecule is CCNC(=O)C[C@@H]1CC[C@@H]2[C@H](COC[C@H](O)CN2C(=O)Nc2ccc(Cl)c(Cl)c2)O1. The number of urea groups is 1. The van der Waals surface area contributed by atoms with Gasteiger partial charge in [0.2, 0.25) is 5.91 Å². The Labute approximate surface area is 185 Å². The van der Waals surface area contributed by atoms with Gasteiger partial charge in [0, 0.05) is 12.2 Å². The number of aliphatic hydroxyl groups is 1. The van der Waals surface area contributed by atoms with Gasteiger partial charge < -0.3 is 30.1 Å². The number of hydrogen-bond acceptors (Lipinski definition) is 5. The number of carbonyl (C=O) groups is 2. The Morgan fingerprint density at radius 3 is 2.77 bits per heavy atom. The van der Waals surface area contributed by atoms with Crippen LogP contribution < -0.4 is 10.6 Å². The number of nitrogens with one attached hydrogen (secondary N) is 2. The van der Waals surface area contributed by atoms with Crippen LogP contribution in [0.25, 0.3) is 0 Å². The summed E-state index contributed by atoms with van der Waals surface area (Å²) in [6, 6.07) is 4.19. The van der Waals surface area contributed by atoms with Crippen LogP contribution in [-0.4, -0.2) is 72.6 Å². The van der Waals surface area contributed by atoms with Crippen molar-refractivity contribution in [1.82, 2.24) is 10.2 Å². The van der Waals surface area contributed by atoms with Crippen molar-refractivity contribution in [2.45, 2.75) is 50.5 Å². The summed E-state index contributed by atoms with van der Waals surface area (Å²) in [6.07, 6.45) is 0.120. The molecule has 0 aromatic heterocycles. The predicted molar refractivity (Wildman–Crippen MR) is 114 cm³/mol. The molecule has 2 fully saturated rings. The van der Waals surface area contributed by atoms with Gasteiger partial charge in [-0.25, -0.2) is 4.79 Å². The van der Waals surface area contributed by atoms with Crippen LogP contribution >= 0.6 is 23.2 Å².